The fraction of sp³-hybridized carbons (Fsp3) is 0.710. The number of guanidine groups is 1. The molecule has 3 heterocycles. The lowest BCUT2D eigenvalue weighted by molar-refractivity contribution is -0.205. The molecule has 2 saturated heterocycles. The van der Waals surface area contributed by atoms with Crippen molar-refractivity contribution in [2.75, 3.05) is 31.3 Å². The van der Waals surface area contributed by atoms with E-state index in [1.54, 1.807) is 42.0 Å². The Balaban J connectivity index is 1.05. The first-order chi connectivity index (χ1) is 41.7. The highest BCUT2D eigenvalue weighted by Crippen LogP contribution is 2.75. The standard InChI is InChI=1S/C69H95N5O11S2/c1-37-12-13-40-16-19-47-38(2)27-56(79)66(3,83)63-42(9-7-8-41(28-49(47)48(40)26-37)50-34-85-64(82)57(50)43-21-24-72-32-43)30-69(84)59-52(20-22-67(63,69)23-25-73-65(70)71)68(45-10-5-4-6-11-45)31-55(78)61(80)51-36-87-86-35-44(39-14-17-46(76)18-15-39)29-54(77)53(33-75)74-60(59)62(81)58(51)68/h14-18,21,24,32,37-38,41-42,44-45,47-53,55-58,61,63,72,74-76,78-80,83-84H,4-6,9-13,19-20,22-23,25-31,33-36H2,1-3H3,(H4,70,71,73)/t37-,38-,41+,42+,44-,47+,48+,49-,50+,51+,52+,53-,55+,56-,57+,58+,61-,63-,66+,67+,68+,69-/m1/s1. The Morgan fingerprint density at radius 3 is 2.40 bits per heavy atom. The summed E-state index contributed by atoms with van der Waals surface area (Å²) in [5, 5.41) is 92.5. The van der Waals surface area contributed by atoms with Crippen LogP contribution >= 0.6 is 21.6 Å². The summed E-state index contributed by atoms with van der Waals surface area (Å²) in [6.07, 6.45) is 13.1. The van der Waals surface area contributed by atoms with Crippen molar-refractivity contribution in [3.63, 3.8) is 0 Å². The van der Waals surface area contributed by atoms with Gasteiger partial charge in [0, 0.05) is 84.2 Å². The number of ether oxygens (including phenoxy) is 1. The van der Waals surface area contributed by atoms with Gasteiger partial charge in [0.1, 0.15) is 11.8 Å². The SMILES string of the molecule is C[C@@H]1CCC2=CC[C@@H]3[C@@H](C[C@@H]([C@@H]4COC(=O)[C@H]4c4cc[nH]c4)C#CC[C@H]4C[C@@]5(O)C6=C7N[C@H](CO)C(=O)C[C@@H](c8ccc(O)cc8)CSSC[C@@H]8[C@@H](O)[C@@H](O)C[C@@](C9CCCCC9)([C@@H]8C7=O)[C@H]6CC[C@]5(CCN=C(N)N)[C@H]4[C@@](C)(O)[C@H](O)C[C@H]3C)[C@H]2C1. The molecule has 2 aromatic rings. The van der Waals surface area contributed by atoms with Gasteiger partial charge in [0.25, 0.3) is 0 Å². The number of carbonyl (C=O) groups excluding carboxylic acids is 3. The van der Waals surface area contributed by atoms with E-state index in [9.17, 15) is 35.4 Å². The lowest BCUT2D eigenvalue weighted by atomic mass is 9.39. The molecule has 5 saturated carbocycles. The number of aromatic amines is 1. The van der Waals surface area contributed by atoms with E-state index >= 15 is 14.7 Å². The molecular weight excluding hydrogens is 1140 g/mol. The lowest BCUT2D eigenvalue weighted by Gasteiger charge is -2.66. The Kier molecular flexibility index (Phi) is 18.1. The van der Waals surface area contributed by atoms with Crippen molar-refractivity contribution in [2.45, 2.75) is 184 Å². The zero-order chi connectivity index (χ0) is 61.3. The minimum atomic E-state index is -1.96. The molecule has 0 spiro atoms. The number of esters is 1. The zero-order valence-corrected chi connectivity index (χ0v) is 52.7. The number of aromatic nitrogens is 1. The van der Waals surface area contributed by atoms with Crippen LogP contribution in [0.15, 0.2) is 70.6 Å². The fourth-order valence-corrected chi connectivity index (χ4v) is 23.6. The number of phenolic OH excluding ortho intramolecular Hbond substituents is 1. The number of aliphatic hydroxyl groups is 6. The van der Waals surface area contributed by atoms with Gasteiger partial charge in [0.15, 0.2) is 17.5 Å². The highest BCUT2D eigenvalue weighted by molar-refractivity contribution is 8.76. The minimum absolute atomic E-state index is 0.00419. The number of ketones is 2. The average Bonchev–Trinajstić information content (AvgIpc) is 1.65. The summed E-state index contributed by atoms with van der Waals surface area (Å²) in [4.78, 5) is 53.6. The van der Waals surface area contributed by atoms with E-state index in [0.717, 1.165) is 75.3 Å². The number of hydrogen-bond acceptors (Lipinski definition) is 15. The molecule has 2 bridgehead atoms. The number of fused-ring (bicyclic) bond motifs is 10. The summed E-state index contributed by atoms with van der Waals surface area (Å²) < 4.78 is 6.00. The van der Waals surface area contributed by atoms with Crippen molar-refractivity contribution in [3.8, 4) is 17.6 Å². The van der Waals surface area contributed by atoms with Crippen LogP contribution in [0.25, 0.3) is 0 Å². The molecule has 13 N–H and O–H groups in total. The third-order valence-electron chi connectivity index (χ3n) is 24.7. The van der Waals surface area contributed by atoms with Crippen molar-refractivity contribution in [3.05, 3.63) is 76.8 Å². The van der Waals surface area contributed by atoms with Gasteiger partial charge < -0.3 is 62.3 Å². The average molecular weight is 1230 g/mol. The van der Waals surface area contributed by atoms with Crippen LogP contribution < -0.4 is 16.8 Å². The Morgan fingerprint density at radius 2 is 1.67 bits per heavy atom. The molecular formula is C69H95N5O11S2. The first kappa shape index (κ1) is 62.9. The number of nitrogens with zero attached hydrogens (tertiary/aromatic N) is 1. The maximum absolute atomic E-state index is 16.8. The Bertz CT molecular complexity index is 3020. The highest BCUT2D eigenvalue weighted by atomic mass is 33.1. The van der Waals surface area contributed by atoms with Gasteiger partial charge in [0.05, 0.1) is 54.3 Å². The van der Waals surface area contributed by atoms with Crippen LogP contribution in [0.3, 0.4) is 0 Å². The second-order valence-electron chi connectivity index (χ2n) is 29.1. The number of aliphatic imine (C=N–C) groups is 1. The number of phenols is 1. The first-order valence-corrected chi connectivity index (χ1v) is 35.4. The number of nitrogens with two attached hydrogens (primary N) is 2. The van der Waals surface area contributed by atoms with Crippen LogP contribution in [0.5, 0.6) is 5.75 Å². The molecule has 18 heteroatoms. The lowest BCUT2D eigenvalue weighted by Crippen LogP contribution is -2.69. The van der Waals surface area contributed by atoms with Crippen molar-refractivity contribution in [1.82, 2.24) is 10.3 Å². The van der Waals surface area contributed by atoms with E-state index in [1.807, 2.05) is 18.5 Å². The number of rotatable bonds is 8. The van der Waals surface area contributed by atoms with Crippen LogP contribution in [0.1, 0.15) is 159 Å². The molecule has 10 aliphatic rings. The van der Waals surface area contributed by atoms with Crippen LogP contribution in [0, 0.1) is 99.6 Å². The van der Waals surface area contributed by atoms with Gasteiger partial charge in [-0.1, -0.05) is 84.4 Å². The number of Topliss-reactive ketones (excluding diaryl/α,β-unsaturated/α-hetero) is 2. The third kappa shape index (κ3) is 11.0. The largest absolute Gasteiger partial charge is 0.508 e. The highest BCUT2D eigenvalue weighted by Gasteiger charge is 2.76. The van der Waals surface area contributed by atoms with E-state index in [1.165, 1.54) is 16.4 Å². The van der Waals surface area contributed by atoms with Crippen LogP contribution in [-0.4, -0.2) is 131 Å². The monoisotopic (exact) mass is 1230 g/mol. The number of aromatic hydroxyl groups is 1. The second kappa shape index (κ2) is 25.1. The smallest absolute Gasteiger partial charge is 0.313 e. The molecule has 2 aliphatic heterocycles. The number of H-pyrrole nitrogens is 1. The number of carbonyl (C=O) groups is 3. The van der Waals surface area contributed by atoms with Crippen molar-refractivity contribution >= 4 is 45.1 Å². The quantitative estimate of drug-likeness (QED) is 0.0300. The zero-order valence-electron chi connectivity index (χ0n) is 51.0. The number of nitrogens with one attached hydrogen (secondary N) is 2. The molecule has 0 unspecified atom stereocenters. The predicted octanol–water partition coefficient (Wildman–Crippen LogP) is 7.80. The second-order valence-corrected chi connectivity index (χ2v) is 31.6. The molecule has 22 atom stereocenters. The van der Waals surface area contributed by atoms with Crippen molar-refractivity contribution in [1.29, 1.82) is 0 Å². The molecule has 12 rings (SSSR count). The van der Waals surface area contributed by atoms with Gasteiger partial charge in [-0.25, -0.2) is 0 Å². The number of benzene rings is 1. The Morgan fingerprint density at radius 1 is 0.897 bits per heavy atom. The number of hydrogen-bond donors (Lipinski definition) is 11. The summed E-state index contributed by atoms with van der Waals surface area (Å²) >= 11 is 0. The van der Waals surface area contributed by atoms with Gasteiger partial charge in [-0.15, -0.1) is 5.92 Å². The number of allylic oxidation sites excluding steroid dienone is 3. The number of aliphatic hydroxyl groups excluding tert-OH is 4. The molecule has 16 nitrogen and oxygen atoms in total. The molecule has 474 valence electrons. The van der Waals surface area contributed by atoms with E-state index in [0.29, 0.717) is 41.8 Å². The van der Waals surface area contributed by atoms with Crippen molar-refractivity contribution < 1.29 is 54.9 Å². The Hall–Kier alpha value is -4.32. The van der Waals surface area contributed by atoms with E-state index < -0.39 is 88.5 Å². The maximum atomic E-state index is 16.8. The molecule has 87 heavy (non-hydrogen) atoms. The van der Waals surface area contributed by atoms with Gasteiger partial charge in [-0.2, -0.15) is 0 Å². The predicted molar refractivity (Wildman–Crippen MR) is 336 cm³/mol. The van der Waals surface area contributed by atoms with Gasteiger partial charge in [-0.3, -0.25) is 19.4 Å². The first-order valence-electron chi connectivity index (χ1n) is 33.0. The van der Waals surface area contributed by atoms with Crippen molar-refractivity contribution in [2.24, 2.45) is 104 Å². The summed E-state index contributed by atoms with van der Waals surface area (Å²) in [7, 11) is 3.06. The molecule has 0 amide bonds. The minimum Gasteiger partial charge on any atom is -0.508 e. The van der Waals surface area contributed by atoms with Gasteiger partial charge in [0.2, 0.25) is 0 Å². The van der Waals surface area contributed by atoms with E-state index in [-0.39, 0.29) is 128 Å². The summed E-state index contributed by atoms with van der Waals surface area (Å²) in [6, 6.07) is 7.41. The molecule has 8 aliphatic carbocycles. The fourth-order valence-electron chi connectivity index (χ4n) is 20.8. The molecule has 7 fully saturated rings. The summed E-state index contributed by atoms with van der Waals surface area (Å²) in [5.74, 6) is 3.32. The van der Waals surface area contributed by atoms with Crippen LogP contribution in [-0.2, 0) is 19.1 Å². The van der Waals surface area contributed by atoms with E-state index in [4.69, 9.17) is 16.2 Å². The molecule has 0 radical (unpaired) electrons. The van der Waals surface area contributed by atoms with E-state index in [2.05, 4.69) is 47.1 Å². The molecule has 1 aromatic heterocycles. The van der Waals surface area contributed by atoms with Crippen LogP contribution in [0.2, 0.25) is 0 Å². The Labute approximate surface area is 521 Å². The van der Waals surface area contributed by atoms with Crippen LogP contribution in [0.4, 0.5) is 0 Å². The maximum Gasteiger partial charge on any atom is 0.313 e. The molecule has 1 aromatic carbocycles. The normalized spacial score (nSPS) is 43.6. The number of cyclic esters (lactones) is 1. The van der Waals surface area contributed by atoms with Gasteiger partial charge in [-0.05, 0) is 178 Å². The summed E-state index contributed by atoms with van der Waals surface area (Å²) in [5.41, 5.74) is 9.80. The third-order valence-corrected chi connectivity index (χ3v) is 27.2. The topological polar surface area (TPSA) is 294 Å². The summed E-state index contributed by atoms with van der Waals surface area (Å²) in [6.45, 7) is 5.87. The van der Waals surface area contributed by atoms with Gasteiger partial charge >= 0.3 is 5.97 Å².